The van der Waals surface area contributed by atoms with Crippen molar-refractivity contribution in [1.29, 1.82) is 0 Å². The zero-order chi connectivity index (χ0) is 31.2. The van der Waals surface area contributed by atoms with E-state index < -0.39 is 23.4 Å². The van der Waals surface area contributed by atoms with E-state index in [-0.39, 0.29) is 27.4 Å². The van der Waals surface area contributed by atoms with E-state index in [4.69, 9.17) is 37.4 Å². The summed E-state index contributed by atoms with van der Waals surface area (Å²) in [5, 5.41) is 3.34. The standard InChI is InChI=1S/C30H22Cl2F2N4O5S/c1-41-20-9-7-18(8-10-20)16-44-24-13-25(35-14-23(24)42-15-17-5-3-2-4-6-17)43-27-21(31)11-19(12-22(27)32)38-30(40)36-29(39)26(37-38)28(33)34/h2-14,28H,15-16H2,1H3,(H,36,39,40). The minimum Gasteiger partial charge on any atom is -0.497 e. The highest BCUT2D eigenvalue weighted by molar-refractivity contribution is 7.98. The molecule has 0 radical (unpaired) electrons. The minimum absolute atomic E-state index is 0.000184. The first-order valence-corrected chi connectivity index (χ1v) is 14.6. The summed E-state index contributed by atoms with van der Waals surface area (Å²) in [6, 6.07) is 21.5. The van der Waals surface area contributed by atoms with Gasteiger partial charge < -0.3 is 14.2 Å². The van der Waals surface area contributed by atoms with Crippen molar-refractivity contribution in [2.75, 3.05) is 7.11 Å². The molecule has 2 aromatic heterocycles. The number of rotatable bonds is 11. The molecule has 44 heavy (non-hydrogen) atoms. The molecule has 3 aromatic carbocycles. The van der Waals surface area contributed by atoms with E-state index in [9.17, 15) is 18.4 Å². The molecule has 0 atom stereocenters. The third kappa shape index (κ3) is 7.39. The average molecular weight is 659 g/mol. The molecule has 0 saturated carbocycles. The summed E-state index contributed by atoms with van der Waals surface area (Å²) in [5.41, 5.74) is -1.51. The van der Waals surface area contributed by atoms with Crippen molar-refractivity contribution < 1.29 is 23.0 Å². The van der Waals surface area contributed by atoms with Crippen LogP contribution in [0.1, 0.15) is 23.2 Å². The van der Waals surface area contributed by atoms with Crippen LogP contribution in [0.2, 0.25) is 10.0 Å². The number of pyridine rings is 1. The van der Waals surface area contributed by atoms with Gasteiger partial charge in [0.2, 0.25) is 5.88 Å². The fourth-order valence-electron chi connectivity index (χ4n) is 3.90. The van der Waals surface area contributed by atoms with Gasteiger partial charge in [-0.2, -0.15) is 9.78 Å². The Morgan fingerprint density at radius 1 is 0.977 bits per heavy atom. The number of hydrogen-bond acceptors (Lipinski definition) is 8. The fourth-order valence-corrected chi connectivity index (χ4v) is 5.41. The summed E-state index contributed by atoms with van der Waals surface area (Å²) >= 11 is 14.4. The molecule has 226 valence electrons. The molecule has 14 heteroatoms. The van der Waals surface area contributed by atoms with E-state index in [1.165, 1.54) is 30.1 Å². The molecule has 0 aliphatic rings. The summed E-state index contributed by atoms with van der Waals surface area (Å²) in [5.74, 6) is 2.03. The SMILES string of the molecule is COc1ccc(CSc2cc(Oc3c(Cl)cc(-n4nc(C(F)F)c(=O)[nH]c4=O)cc3Cl)ncc2OCc2ccccc2)cc1. The number of nitrogens with one attached hydrogen (secondary N) is 1. The third-order valence-electron chi connectivity index (χ3n) is 6.09. The van der Waals surface area contributed by atoms with Crippen molar-refractivity contribution in [3.8, 4) is 28.8 Å². The normalized spacial score (nSPS) is 11.0. The van der Waals surface area contributed by atoms with Crippen LogP contribution in [0.5, 0.6) is 23.1 Å². The molecule has 5 aromatic rings. The van der Waals surface area contributed by atoms with Gasteiger partial charge in [-0.05, 0) is 35.4 Å². The third-order valence-corrected chi connectivity index (χ3v) is 7.76. The van der Waals surface area contributed by atoms with Crippen LogP contribution in [-0.2, 0) is 12.4 Å². The first-order chi connectivity index (χ1) is 21.2. The first-order valence-electron chi connectivity index (χ1n) is 12.8. The molecule has 9 nitrogen and oxygen atoms in total. The number of methoxy groups -OCH3 is 1. The van der Waals surface area contributed by atoms with Crippen LogP contribution in [0.4, 0.5) is 8.78 Å². The Morgan fingerprint density at radius 3 is 2.34 bits per heavy atom. The lowest BCUT2D eigenvalue weighted by molar-refractivity contribution is 0.141. The number of benzene rings is 3. The quantitative estimate of drug-likeness (QED) is 0.148. The molecular formula is C30H22Cl2F2N4O5S. The highest BCUT2D eigenvalue weighted by Crippen LogP contribution is 2.40. The van der Waals surface area contributed by atoms with E-state index >= 15 is 0 Å². The van der Waals surface area contributed by atoms with Crippen LogP contribution in [-0.4, -0.2) is 26.9 Å². The van der Waals surface area contributed by atoms with E-state index in [0.29, 0.717) is 22.8 Å². The Morgan fingerprint density at radius 2 is 1.68 bits per heavy atom. The van der Waals surface area contributed by atoms with Crippen LogP contribution in [0.3, 0.4) is 0 Å². The molecule has 5 rings (SSSR count). The highest BCUT2D eigenvalue weighted by atomic mass is 35.5. The predicted octanol–water partition coefficient (Wildman–Crippen LogP) is 7.23. The molecule has 0 fully saturated rings. The summed E-state index contributed by atoms with van der Waals surface area (Å²) in [4.78, 5) is 30.8. The van der Waals surface area contributed by atoms with Crippen molar-refractivity contribution in [2.45, 2.75) is 23.7 Å². The summed E-state index contributed by atoms with van der Waals surface area (Å²) in [7, 11) is 1.61. The van der Waals surface area contributed by atoms with Gasteiger partial charge in [0, 0.05) is 11.8 Å². The largest absolute Gasteiger partial charge is 0.497 e. The lowest BCUT2D eigenvalue weighted by Gasteiger charge is -2.15. The van der Waals surface area contributed by atoms with Crippen LogP contribution >= 0.6 is 35.0 Å². The van der Waals surface area contributed by atoms with Gasteiger partial charge in [-0.15, -0.1) is 11.8 Å². The number of ether oxygens (including phenoxy) is 3. The van der Waals surface area contributed by atoms with Gasteiger partial charge in [0.25, 0.3) is 12.0 Å². The number of hydrogen-bond donors (Lipinski definition) is 1. The number of alkyl halides is 2. The van der Waals surface area contributed by atoms with E-state index in [1.54, 1.807) is 18.2 Å². The number of aromatic amines is 1. The summed E-state index contributed by atoms with van der Waals surface area (Å²) < 4.78 is 44.2. The Balaban J connectivity index is 1.42. The lowest BCUT2D eigenvalue weighted by Crippen LogP contribution is -2.34. The molecule has 0 spiro atoms. The highest BCUT2D eigenvalue weighted by Gasteiger charge is 2.20. The van der Waals surface area contributed by atoms with Crippen molar-refractivity contribution in [2.24, 2.45) is 0 Å². The van der Waals surface area contributed by atoms with Crippen molar-refractivity contribution in [3.63, 3.8) is 0 Å². The second-order valence-corrected chi connectivity index (χ2v) is 10.9. The zero-order valence-electron chi connectivity index (χ0n) is 22.8. The second-order valence-electron chi connectivity index (χ2n) is 9.08. The molecule has 0 bridgehead atoms. The van der Waals surface area contributed by atoms with Gasteiger partial charge in [0.1, 0.15) is 12.4 Å². The number of halogens is 4. The molecule has 1 N–H and O–H groups in total. The maximum absolute atomic E-state index is 13.2. The Hall–Kier alpha value is -4.39. The van der Waals surface area contributed by atoms with E-state index in [1.807, 2.05) is 54.6 Å². The van der Waals surface area contributed by atoms with Crippen LogP contribution in [0.25, 0.3) is 5.69 Å². The second kappa shape index (κ2) is 13.9. The first kappa shape index (κ1) is 31.0. The number of aromatic nitrogens is 4. The van der Waals surface area contributed by atoms with Gasteiger partial charge in [0.15, 0.2) is 17.2 Å². The fraction of sp³-hybridized carbons (Fsp3) is 0.133. The minimum atomic E-state index is -3.21. The predicted molar refractivity (Wildman–Crippen MR) is 163 cm³/mol. The molecule has 0 unspecified atom stereocenters. The summed E-state index contributed by atoms with van der Waals surface area (Å²) in [6.45, 7) is 0.323. The van der Waals surface area contributed by atoms with Crippen molar-refractivity contribution in [1.82, 2.24) is 19.7 Å². The number of H-pyrrole nitrogens is 1. The van der Waals surface area contributed by atoms with Crippen LogP contribution in [0, 0.1) is 0 Å². The molecule has 0 aliphatic heterocycles. The smallest absolute Gasteiger partial charge is 0.349 e. The number of thioether (sulfide) groups is 1. The Bertz CT molecular complexity index is 1870. The van der Waals surface area contributed by atoms with E-state index in [2.05, 4.69) is 10.1 Å². The zero-order valence-corrected chi connectivity index (χ0v) is 25.1. The average Bonchev–Trinajstić information content (AvgIpc) is 3.01. The molecule has 2 heterocycles. The van der Waals surface area contributed by atoms with Gasteiger partial charge in [0.05, 0.1) is 33.9 Å². The van der Waals surface area contributed by atoms with Gasteiger partial charge in [-0.3, -0.25) is 9.78 Å². The van der Waals surface area contributed by atoms with Crippen LogP contribution < -0.4 is 25.5 Å². The Kier molecular flexibility index (Phi) is 9.83. The van der Waals surface area contributed by atoms with Crippen molar-refractivity contribution in [3.05, 3.63) is 127 Å². The topological polar surface area (TPSA) is 108 Å². The van der Waals surface area contributed by atoms with Gasteiger partial charge >= 0.3 is 5.69 Å². The van der Waals surface area contributed by atoms with E-state index in [0.717, 1.165) is 21.8 Å². The molecular weight excluding hydrogens is 637 g/mol. The number of nitrogens with zero attached hydrogens (tertiary/aromatic N) is 3. The van der Waals surface area contributed by atoms with Crippen LogP contribution in [0.15, 0.2) is 93.5 Å². The maximum Gasteiger partial charge on any atom is 0.349 e. The molecule has 0 aliphatic carbocycles. The summed E-state index contributed by atoms with van der Waals surface area (Å²) in [6.07, 6.45) is -1.68. The maximum atomic E-state index is 13.2. The Labute approximate surface area is 263 Å². The monoisotopic (exact) mass is 658 g/mol. The molecule has 0 amide bonds. The van der Waals surface area contributed by atoms with Crippen molar-refractivity contribution >= 4 is 35.0 Å². The van der Waals surface area contributed by atoms with Gasteiger partial charge in [-0.25, -0.2) is 18.6 Å². The molecule has 0 saturated heterocycles. The van der Waals surface area contributed by atoms with Gasteiger partial charge in [-0.1, -0.05) is 65.7 Å². The lowest BCUT2D eigenvalue weighted by atomic mass is 10.2.